The Labute approximate surface area is 117 Å². The Kier molecular flexibility index (Phi) is 3.26. The number of aromatic nitrogens is 2. The second-order valence-corrected chi connectivity index (χ2v) is 5.23. The summed E-state index contributed by atoms with van der Waals surface area (Å²) in [5.41, 5.74) is 1.90. The van der Waals surface area contributed by atoms with E-state index in [4.69, 9.17) is 5.11 Å². The van der Waals surface area contributed by atoms with E-state index in [0.717, 1.165) is 16.6 Å². The highest BCUT2D eigenvalue weighted by Crippen LogP contribution is 2.23. The van der Waals surface area contributed by atoms with Crippen LogP contribution in [-0.2, 0) is 4.79 Å². The third-order valence-electron chi connectivity index (χ3n) is 3.91. The molecule has 3 rings (SSSR count). The van der Waals surface area contributed by atoms with E-state index in [1.165, 1.54) is 0 Å². The van der Waals surface area contributed by atoms with E-state index in [-0.39, 0.29) is 5.92 Å². The summed E-state index contributed by atoms with van der Waals surface area (Å²) in [4.78, 5) is 22.2. The number of piperidine rings is 1. The zero-order chi connectivity index (χ0) is 14.1. The molecule has 2 aromatic rings. The number of hydrogen-bond acceptors (Lipinski definition) is 4. The van der Waals surface area contributed by atoms with Crippen LogP contribution >= 0.6 is 0 Å². The smallest absolute Gasteiger partial charge is 0.306 e. The molecule has 0 amide bonds. The molecule has 0 saturated carbocycles. The second kappa shape index (κ2) is 5.07. The van der Waals surface area contributed by atoms with Gasteiger partial charge in [-0.25, -0.2) is 9.97 Å². The monoisotopic (exact) mass is 271 g/mol. The summed E-state index contributed by atoms with van der Waals surface area (Å²) in [7, 11) is 0. The van der Waals surface area contributed by atoms with E-state index in [0.29, 0.717) is 31.9 Å². The van der Waals surface area contributed by atoms with Crippen LogP contribution in [-0.4, -0.2) is 34.1 Å². The summed E-state index contributed by atoms with van der Waals surface area (Å²) in [6, 6.07) is 7.95. The van der Waals surface area contributed by atoms with Gasteiger partial charge in [0.1, 0.15) is 0 Å². The summed E-state index contributed by atoms with van der Waals surface area (Å²) in [5.74, 6) is -0.210. The number of rotatable bonds is 2. The lowest BCUT2D eigenvalue weighted by Gasteiger charge is -2.30. The van der Waals surface area contributed by atoms with Gasteiger partial charge in [0, 0.05) is 18.5 Å². The molecule has 0 atom stereocenters. The maximum absolute atomic E-state index is 11.0. The van der Waals surface area contributed by atoms with Gasteiger partial charge in [-0.2, -0.15) is 0 Å². The number of carboxylic acids is 1. The largest absolute Gasteiger partial charge is 0.481 e. The fraction of sp³-hybridized carbons (Fsp3) is 0.400. The van der Waals surface area contributed by atoms with Crippen LogP contribution in [0.1, 0.15) is 18.5 Å². The van der Waals surface area contributed by atoms with Gasteiger partial charge in [-0.3, -0.25) is 4.79 Å². The molecule has 104 valence electrons. The van der Waals surface area contributed by atoms with E-state index in [1.807, 2.05) is 31.2 Å². The van der Waals surface area contributed by atoms with Crippen molar-refractivity contribution in [3.8, 4) is 0 Å². The van der Waals surface area contributed by atoms with Gasteiger partial charge in [0.25, 0.3) is 0 Å². The highest BCUT2D eigenvalue weighted by molar-refractivity contribution is 5.81. The third-order valence-corrected chi connectivity index (χ3v) is 3.91. The van der Waals surface area contributed by atoms with Crippen LogP contribution in [0.3, 0.4) is 0 Å². The number of anilines is 1. The van der Waals surface area contributed by atoms with Crippen molar-refractivity contribution in [1.29, 1.82) is 0 Å². The third kappa shape index (κ3) is 2.31. The maximum Gasteiger partial charge on any atom is 0.306 e. The standard InChI is InChI=1S/C15H17N3O2/c1-10-12-4-2-3-5-13(12)17-15(16-10)18-8-6-11(7-9-18)14(19)20/h2-5,11H,6-9H2,1H3,(H,19,20). The Balaban J connectivity index is 1.86. The molecule has 0 spiro atoms. The number of para-hydroxylation sites is 1. The molecule has 1 aliphatic rings. The summed E-state index contributed by atoms with van der Waals surface area (Å²) < 4.78 is 0. The van der Waals surface area contributed by atoms with Crippen LogP contribution in [0.2, 0.25) is 0 Å². The summed E-state index contributed by atoms with van der Waals surface area (Å²) in [6.45, 7) is 3.39. The number of benzene rings is 1. The Morgan fingerprint density at radius 2 is 1.95 bits per heavy atom. The van der Waals surface area contributed by atoms with Gasteiger partial charge in [-0.15, -0.1) is 0 Å². The molecule has 1 saturated heterocycles. The zero-order valence-corrected chi connectivity index (χ0v) is 11.4. The molecule has 5 heteroatoms. The number of aryl methyl sites for hydroxylation is 1. The number of fused-ring (bicyclic) bond motifs is 1. The van der Waals surface area contributed by atoms with Crippen LogP contribution in [0.4, 0.5) is 5.95 Å². The van der Waals surface area contributed by atoms with Crippen LogP contribution in [0.25, 0.3) is 10.9 Å². The number of aliphatic carboxylic acids is 1. The average Bonchev–Trinajstić information content (AvgIpc) is 2.47. The van der Waals surface area contributed by atoms with E-state index in [1.54, 1.807) is 0 Å². The van der Waals surface area contributed by atoms with E-state index in [2.05, 4.69) is 14.9 Å². The molecule has 5 nitrogen and oxygen atoms in total. The van der Waals surface area contributed by atoms with Gasteiger partial charge in [0.15, 0.2) is 0 Å². The Bertz CT molecular complexity index is 649. The molecule has 0 bridgehead atoms. The van der Waals surface area contributed by atoms with Gasteiger partial charge < -0.3 is 10.0 Å². The Hall–Kier alpha value is -2.17. The molecule has 0 aliphatic carbocycles. The fourth-order valence-electron chi connectivity index (χ4n) is 2.69. The van der Waals surface area contributed by atoms with Crippen molar-refractivity contribution in [3.63, 3.8) is 0 Å². The summed E-state index contributed by atoms with van der Waals surface area (Å²) >= 11 is 0. The normalized spacial score (nSPS) is 16.6. The van der Waals surface area contributed by atoms with Crippen molar-refractivity contribution in [2.45, 2.75) is 19.8 Å². The number of nitrogens with zero attached hydrogens (tertiary/aromatic N) is 3. The molecule has 1 aliphatic heterocycles. The molecule has 0 unspecified atom stereocenters. The molecule has 0 radical (unpaired) electrons. The first-order chi connectivity index (χ1) is 9.65. The molecular weight excluding hydrogens is 254 g/mol. The SMILES string of the molecule is Cc1nc(N2CCC(C(=O)O)CC2)nc2ccccc12. The lowest BCUT2D eigenvalue weighted by Crippen LogP contribution is -2.37. The number of carbonyl (C=O) groups is 1. The van der Waals surface area contributed by atoms with E-state index < -0.39 is 5.97 Å². The molecule has 1 aromatic carbocycles. The van der Waals surface area contributed by atoms with Crippen LogP contribution in [0, 0.1) is 12.8 Å². The lowest BCUT2D eigenvalue weighted by molar-refractivity contribution is -0.142. The van der Waals surface area contributed by atoms with Gasteiger partial charge in [-0.05, 0) is 25.8 Å². The fourth-order valence-corrected chi connectivity index (χ4v) is 2.69. The minimum atomic E-state index is -0.694. The predicted molar refractivity (Wildman–Crippen MR) is 76.8 cm³/mol. The number of hydrogen-bond donors (Lipinski definition) is 1. The molecule has 20 heavy (non-hydrogen) atoms. The molecular formula is C15H17N3O2. The van der Waals surface area contributed by atoms with E-state index in [9.17, 15) is 4.79 Å². The minimum Gasteiger partial charge on any atom is -0.481 e. The summed E-state index contributed by atoms with van der Waals surface area (Å²) in [6.07, 6.45) is 1.31. The van der Waals surface area contributed by atoms with Crippen LogP contribution < -0.4 is 4.90 Å². The quantitative estimate of drug-likeness (QED) is 0.907. The van der Waals surface area contributed by atoms with Crippen molar-refractivity contribution in [1.82, 2.24) is 9.97 Å². The van der Waals surface area contributed by atoms with E-state index >= 15 is 0 Å². The zero-order valence-electron chi connectivity index (χ0n) is 11.4. The van der Waals surface area contributed by atoms with Crippen molar-refractivity contribution in [3.05, 3.63) is 30.0 Å². The Morgan fingerprint density at radius 3 is 2.65 bits per heavy atom. The van der Waals surface area contributed by atoms with Gasteiger partial charge >= 0.3 is 5.97 Å². The van der Waals surface area contributed by atoms with Gasteiger partial charge in [0.05, 0.1) is 17.1 Å². The average molecular weight is 271 g/mol. The van der Waals surface area contributed by atoms with Crippen LogP contribution in [0.5, 0.6) is 0 Å². The first kappa shape index (κ1) is 12.8. The number of carboxylic acid groups (broad SMARTS) is 1. The summed E-state index contributed by atoms with van der Waals surface area (Å²) in [5, 5.41) is 10.1. The predicted octanol–water partition coefficient (Wildman–Crippen LogP) is 2.24. The second-order valence-electron chi connectivity index (χ2n) is 5.23. The van der Waals surface area contributed by atoms with Crippen molar-refractivity contribution in [2.24, 2.45) is 5.92 Å². The van der Waals surface area contributed by atoms with Gasteiger partial charge in [0.2, 0.25) is 5.95 Å². The molecule has 1 N–H and O–H groups in total. The van der Waals surface area contributed by atoms with Crippen molar-refractivity contribution < 1.29 is 9.90 Å². The lowest BCUT2D eigenvalue weighted by atomic mass is 9.97. The van der Waals surface area contributed by atoms with Crippen molar-refractivity contribution in [2.75, 3.05) is 18.0 Å². The molecule has 1 aromatic heterocycles. The minimum absolute atomic E-state index is 0.229. The Morgan fingerprint density at radius 1 is 1.25 bits per heavy atom. The first-order valence-electron chi connectivity index (χ1n) is 6.86. The maximum atomic E-state index is 11.0. The highest BCUT2D eigenvalue weighted by Gasteiger charge is 2.25. The topological polar surface area (TPSA) is 66.3 Å². The van der Waals surface area contributed by atoms with Crippen LogP contribution in [0.15, 0.2) is 24.3 Å². The van der Waals surface area contributed by atoms with Gasteiger partial charge in [-0.1, -0.05) is 18.2 Å². The molecule has 2 heterocycles. The molecule has 1 fully saturated rings. The highest BCUT2D eigenvalue weighted by atomic mass is 16.4. The first-order valence-corrected chi connectivity index (χ1v) is 6.86. The van der Waals surface area contributed by atoms with Crippen molar-refractivity contribution >= 4 is 22.8 Å².